The molecule has 28 heavy (non-hydrogen) atoms. The molecular formula is C21H19N3O3S. The van der Waals surface area contributed by atoms with Gasteiger partial charge < -0.3 is 14.8 Å². The first-order valence-electron chi connectivity index (χ1n) is 8.59. The molecule has 1 amide bonds. The highest BCUT2D eigenvalue weighted by atomic mass is 32.1. The van der Waals surface area contributed by atoms with Gasteiger partial charge >= 0.3 is 0 Å². The summed E-state index contributed by atoms with van der Waals surface area (Å²) in [7, 11) is 1.53. The first-order valence-corrected chi connectivity index (χ1v) is 9.54. The molecule has 3 rings (SSSR count). The molecule has 2 aromatic carbocycles. The van der Waals surface area contributed by atoms with Gasteiger partial charge in [0.2, 0.25) is 0 Å². The Bertz CT molecular complexity index is 979. The molecule has 1 N–H and O–H groups in total. The highest BCUT2D eigenvalue weighted by Gasteiger charge is 2.15. The number of amides is 1. The van der Waals surface area contributed by atoms with Gasteiger partial charge in [-0.05, 0) is 42.8 Å². The number of methoxy groups -OCH3 is 1. The maximum absolute atomic E-state index is 12.6. The molecule has 0 aliphatic heterocycles. The maximum Gasteiger partial charge on any atom is 0.251 e. The fourth-order valence-electron chi connectivity index (χ4n) is 2.60. The summed E-state index contributed by atoms with van der Waals surface area (Å²) >= 11 is 1.51. The minimum atomic E-state index is -0.221. The van der Waals surface area contributed by atoms with Crippen molar-refractivity contribution in [1.82, 2.24) is 10.3 Å². The Hall–Kier alpha value is -3.37. The van der Waals surface area contributed by atoms with Gasteiger partial charge in [-0.3, -0.25) is 4.79 Å². The Kier molecular flexibility index (Phi) is 6.25. The average molecular weight is 393 g/mol. The van der Waals surface area contributed by atoms with E-state index in [-0.39, 0.29) is 11.9 Å². The number of carbonyl (C=O) groups is 1. The van der Waals surface area contributed by atoms with E-state index in [1.54, 1.807) is 35.8 Å². The van der Waals surface area contributed by atoms with Crippen LogP contribution in [-0.4, -0.2) is 18.0 Å². The fraction of sp³-hybridized carbons (Fsp3) is 0.190. The third kappa shape index (κ3) is 4.67. The van der Waals surface area contributed by atoms with E-state index in [0.717, 1.165) is 11.3 Å². The third-order valence-corrected chi connectivity index (χ3v) is 4.81. The van der Waals surface area contributed by atoms with Gasteiger partial charge in [-0.15, -0.1) is 11.3 Å². The van der Waals surface area contributed by atoms with Gasteiger partial charge in [-0.2, -0.15) is 5.26 Å². The maximum atomic E-state index is 12.6. The van der Waals surface area contributed by atoms with E-state index in [4.69, 9.17) is 14.7 Å². The van der Waals surface area contributed by atoms with Crippen molar-refractivity contribution in [1.29, 1.82) is 5.26 Å². The minimum absolute atomic E-state index is 0.202. The quantitative estimate of drug-likeness (QED) is 0.653. The second-order valence-corrected chi connectivity index (χ2v) is 6.78. The summed E-state index contributed by atoms with van der Waals surface area (Å²) in [5, 5.41) is 13.7. The van der Waals surface area contributed by atoms with E-state index in [0.29, 0.717) is 29.2 Å². The number of thiazole rings is 1. The molecular weight excluding hydrogens is 374 g/mol. The van der Waals surface area contributed by atoms with E-state index < -0.39 is 0 Å². The van der Waals surface area contributed by atoms with Crippen molar-refractivity contribution in [2.75, 3.05) is 7.11 Å². The average Bonchev–Trinajstić information content (AvgIpc) is 3.25. The summed E-state index contributed by atoms with van der Waals surface area (Å²) in [5.74, 6) is 0.808. The molecule has 0 saturated carbocycles. The molecule has 3 aromatic rings. The summed E-state index contributed by atoms with van der Waals surface area (Å²) in [6.07, 6.45) is 0. The predicted octanol–water partition coefficient (Wildman–Crippen LogP) is 4.09. The number of carbonyl (C=O) groups excluding carboxylic acids is 1. The second-order valence-electron chi connectivity index (χ2n) is 6.06. The molecule has 1 aromatic heterocycles. The van der Waals surface area contributed by atoms with Crippen molar-refractivity contribution in [2.45, 2.75) is 19.6 Å². The number of aromatic nitrogens is 1. The van der Waals surface area contributed by atoms with Gasteiger partial charge in [0.05, 0.1) is 36.0 Å². The van der Waals surface area contributed by atoms with Crippen LogP contribution in [0.15, 0.2) is 53.4 Å². The molecule has 1 atom stereocenters. The molecule has 142 valence electrons. The van der Waals surface area contributed by atoms with Crippen LogP contribution in [0.4, 0.5) is 0 Å². The molecule has 6 nitrogen and oxygen atoms in total. The zero-order valence-electron chi connectivity index (χ0n) is 15.5. The lowest BCUT2D eigenvalue weighted by atomic mass is 10.1. The molecule has 0 saturated heterocycles. The Labute approximate surface area is 167 Å². The van der Waals surface area contributed by atoms with Gasteiger partial charge in [0.1, 0.15) is 6.61 Å². The summed E-state index contributed by atoms with van der Waals surface area (Å²) in [6.45, 7) is 2.23. The van der Waals surface area contributed by atoms with Gasteiger partial charge in [-0.1, -0.05) is 12.1 Å². The summed E-state index contributed by atoms with van der Waals surface area (Å²) in [4.78, 5) is 16.8. The van der Waals surface area contributed by atoms with Crippen molar-refractivity contribution in [3.05, 3.63) is 75.7 Å². The van der Waals surface area contributed by atoms with E-state index >= 15 is 0 Å². The number of nitriles is 1. The Balaban J connectivity index is 1.67. The molecule has 0 fully saturated rings. The minimum Gasteiger partial charge on any atom is -0.493 e. The molecule has 7 heteroatoms. The first kappa shape index (κ1) is 19.4. The molecule has 1 heterocycles. The number of nitrogens with one attached hydrogen (secondary N) is 1. The molecule has 0 aliphatic rings. The first-order chi connectivity index (χ1) is 13.6. The van der Waals surface area contributed by atoms with E-state index in [9.17, 15) is 4.79 Å². The second kappa shape index (κ2) is 9.02. The molecule has 1 unspecified atom stereocenters. The largest absolute Gasteiger partial charge is 0.493 e. The van der Waals surface area contributed by atoms with Gasteiger partial charge in [0, 0.05) is 10.9 Å². The third-order valence-electron chi connectivity index (χ3n) is 4.17. The highest BCUT2D eigenvalue weighted by Crippen LogP contribution is 2.29. The number of ether oxygens (including phenoxy) is 2. The van der Waals surface area contributed by atoms with Crippen LogP contribution < -0.4 is 14.8 Å². The summed E-state index contributed by atoms with van der Waals surface area (Å²) in [5.41, 5.74) is 4.56. The SMILES string of the molecule is COc1cc(C(=O)NC(C)c2ccc(C#N)cc2)ccc1OCc1cscn1. The monoisotopic (exact) mass is 393 g/mol. The Morgan fingerprint density at radius 1 is 1.25 bits per heavy atom. The normalized spacial score (nSPS) is 11.3. The lowest BCUT2D eigenvalue weighted by molar-refractivity contribution is 0.0939. The highest BCUT2D eigenvalue weighted by molar-refractivity contribution is 7.07. The van der Waals surface area contributed by atoms with E-state index in [1.807, 2.05) is 24.4 Å². The molecule has 0 spiro atoms. The van der Waals surface area contributed by atoms with Crippen LogP contribution in [-0.2, 0) is 6.61 Å². The van der Waals surface area contributed by atoms with Crippen LogP contribution in [0.1, 0.15) is 40.1 Å². The fourth-order valence-corrected chi connectivity index (χ4v) is 3.14. The van der Waals surface area contributed by atoms with Crippen LogP contribution in [0.3, 0.4) is 0 Å². The topological polar surface area (TPSA) is 84.2 Å². The van der Waals surface area contributed by atoms with Crippen molar-refractivity contribution in [3.63, 3.8) is 0 Å². The smallest absolute Gasteiger partial charge is 0.251 e. The van der Waals surface area contributed by atoms with Crippen molar-refractivity contribution >= 4 is 17.2 Å². The van der Waals surface area contributed by atoms with Crippen LogP contribution in [0.25, 0.3) is 0 Å². The van der Waals surface area contributed by atoms with Crippen molar-refractivity contribution in [3.8, 4) is 17.6 Å². The van der Waals surface area contributed by atoms with Gasteiger partial charge in [-0.25, -0.2) is 4.98 Å². The lowest BCUT2D eigenvalue weighted by Crippen LogP contribution is -2.26. The van der Waals surface area contributed by atoms with Gasteiger partial charge in [0.15, 0.2) is 11.5 Å². The summed E-state index contributed by atoms with van der Waals surface area (Å²) in [6, 6.07) is 14.1. The van der Waals surface area contributed by atoms with Crippen LogP contribution in [0.2, 0.25) is 0 Å². The van der Waals surface area contributed by atoms with E-state index in [1.165, 1.54) is 18.4 Å². The van der Waals surface area contributed by atoms with Crippen LogP contribution >= 0.6 is 11.3 Å². The zero-order chi connectivity index (χ0) is 19.9. The zero-order valence-corrected chi connectivity index (χ0v) is 16.3. The van der Waals surface area contributed by atoms with Crippen molar-refractivity contribution in [2.24, 2.45) is 0 Å². The Morgan fingerprint density at radius 2 is 2.04 bits per heavy atom. The number of benzene rings is 2. The molecule has 0 bridgehead atoms. The molecule has 0 aliphatic carbocycles. The number of hydrogen-bond acceptors (Lipinski definition) is 6. The number of nitrogens with zero attached hydrogens (tertiary/aromatic N) is 2. The lowest BCUT2D eigenvalue weighted by Gasteiger charge is -2.16. The standard InChI is InChI=1S/C21H19N3O3S/c1-14(16-5-3-15(10-22)4-6-16)24-21(25)17-7-8-19(20(9-17)26-2)27-11-18-12-28-13-23-18/h3-9,12-14H,11H2,1-2H3,(H,24,25). The number of hydrogen-bond donors (Lipinski definition) is 1. The van der Waals surface area contributed by atoms with Crippen molar-refractivity contribution < 1.29 is 14.3 Å². The predicted molar refractivity (Wildman–Crippen MR) is 106 cm³/mol. The van der Waals surface area contributed by atoms with Gasteiger partial charge in [0.25, 0.3) is 5.91 Å². The molecule has 0 radical (unpaired) electrons. The summed E-state index contributed by atoms with van der Waals surface area (Å²) < 4.78 is 11.1. The van der Waals surface area contributed by atoms with Crippen LogP contribution in [0, 0.1) is 11.3 Å². The number of rotatable bonds is 7. The van der Waals surface area contributed by atoms with E-state index in [2.05, 4.69) is 16.4 Å². The van der Waals surface area contributed by atoms with Crippen LogP contribution in [0.5, 0.6) is 11.5 Å². The Morgan fingerprint density at radius 3 is 2.68 bits per heavy atom.